The molecular weight excluding hydrogens is 441 g/mol. The molecule has 0 saturated heterocycles. The summed E-state index contributed by atoms with van der Waals surface area (Å²) < 4.78 is 44.2. The molecule has 0 saturated carbocycles. The highest BCUT2D eigenvalue weighted by atomic mass is 19.4. The molecule has 0 radical (unpaired) electrons. The van der Waals surface area contributed by atoms with E-state index >= 15 is 0 Å². The van der Waals surface area contributed by atoms with E-state index in [0.29, 0.717) is 29.1 Å². The maximum atomic E-state index is 12.9. The van der Waals surface area contributed by atoms with Crippen molar-refractivity contribution >= 4 is 22.8 Å². The molecule has 1 aliphatic heterocycles. The quantitative estimate of drug-likeness (QED) is 0.426. The van der Waals surface area contributed by atoms with Crippen LogP contribution in [0.5, 0.6) is 0 Å². The van der Waals surface area contributed by atoms with Crippen LogP contribution in [-0.4, -0.2) is 43.1 Å². The molecule has 1 aliphatic rings. The normalized spacial score (nSPS) is 14.8. The fourth-order valence-electron chi connectivity index (χ4n) is 3.56. The molecule has 1 amide bonds. The highest BCUT2D eigenvalue weighted by Crippen LogP contribution is 2.32. The van der Waals surface area contributed by atoms with Gasteiger partial charge in [0.05, 0.1) is 22.6 Å². The Hall–Kier alpha value is -4.00. The summed E-state index contributed by atoms with van der Waals surface area (Å²) in [5.41, 5.74) is 4.17. The number of alkyl halides is 3. The minimum atomic E-state index is -4.46. The topological polar surface area (TPSA) is 125 Å². The lowest BCUT2D eigenvalue weighted by Gasteiger charge is -2.11. The lowest BCUT2D eigenvalue weighted by molar-refractivity contribution is -0.137. The summed E-state index contributed by atoms with van der Waals surface area (Å²) in [5, 5.41) is 8.57. The first-order chi connectivity index (χ1) is 15.7. The van der Waals surface area contributed by atoms with Crippen molar-refractivity contribution in [1.82, 2.24) is 35.4 Å². The van der Waals surface area contributed by atoms with E-state index < -0.39 is 23.7 Å². The molecule has 1 aromatic carbocycles. The van der Waals surface area contributed by atoms with Gasteiger partial charge in [0.25, 0.3) is 5.91 Å². The van der Waals surface area contributed by atoms with Gasteiger partial charge in [0.1, 0.15) is 23.5 Å². The summed E-state index contributed by atoms with van der Waals surface area (Å²) in [6, 6.07) is 4.26. The largest absolute Gasteiger partial charge is 0.416 e. The molecule has 33 heavy (non-hydrogen) atoms. The Morgan fingerprint density at radius 1 is 1.27 bits per heavy atom. The van der Waals surface area contributed by atoms with E-state index in [1.165, 1.54) is 12.4 Å². The van der Waals surface area contributed by atoms with Gasteiger partial charge in [-0.3, -0.25) is 4.79 Å². The van der Waals surface area contributed by atoms with E-state index in [1.807, 2.05) is 7.05 Å². The first-order valence-electron chi connectivity index (χ1n) is 9.85. The number of nitrogens with one attached hydrogen (secondary N) is 3. The number of fused-ring (bicyclic) bond motifs is 2. The Morgan fingerprint density at radius 2 is 2.09 bits per heavy atom. The minimum absolute atomic E-state index is 0.218. The van der Waals surface area contributed by atoms with Gasteiger partial charge < -0.3 is 20.2 Å². The highest BCUT2D eigenvalue weighted by molar-refractivity contribution is 5.95. The van der Waals surface area contributed by atoms with Gasteiger partial charge >= 0.3 is 6.18 Å². The van der Waals surface area contributed by atoms with Crippen molar-refractivity contribution in [2.24, 2.45) is 0 Å². The third-order valence-electron chi connectivity index (χ3n) is 5.21. The van der Waals surface area contributed by atoms with Crippen molar-refractivity contribution in [3.05, 3.63) is 53.1 Å². The number of nitrogens with zero attached hydrogens (tertiary/aromatic N) is 5. The number of aromatic nitrogens is 5. The van der Waals surface area contributed by atoms with Crippen LogP contribution >= 0.6 is 0 Å². The second kappa shape index (κ2) is 7.55. The summed E-state index contributed by atoms with van der Waals surface area (Å²) in [4.78, 5) is 28.1. The molecule has 10 nitrogen and oxygen atoms in total. The highest BCUT2D eigenvalue weighted by Gasteiger charge is 2.31. The molecule has 0 fully saturated rings. The van der Waals surface area contributed by atoms with Gasteiger partial charge in [-0.25, -0.2) is 20.0 Å². The number of imidazole rings is 1. The van der Waals surface area contributed by atoms with Crippen molar-refractivity contribution in [1.29, 1.82) is 0 Å². The van der Waals surface area contributed by atoms with Gasteiger partial charge in [-0.2, -0.15) is 13.2 Å². The van der Waals surface area contributed by atoms with Gasteiger partial charge in [-0.1, -0.05) is 5.16 Å². The van der Waals surface area contributed by atoms with Crippen LogP contribution in [0.25, 0.3) is 22.6 Å². The predicted molar refractivity (Wildman–Crippen MR) is 110 cm³/mol. The van der Waals surface area contributed by atoms with E-state index in [1.54, 1.807) is 18.0 Å². The van der Waals surface area contributed by atoms with Gasteiger partial charge in [0.15, 0.2) is 5.82 Å². The zero-order valence-electron chi connectivity index (χ0n) is 17.4. The van der Waals surface area contributed by atoms with E-state index in [9.17, 15) is 18.0 Å². The lowest BCUT2D eigenvalue weighted by atomic mass is 10.1. The Morgan fingerprint density at radius 3 is 2.88 bits per heavy atom. The Kier molecular flexibility index (Phi) is 4.78. The van der Waals surface area contributed by atoms with Crippen LogP contribution in [0.2, 0.25) is 0 Å². The maximum absolute atomic E-state index is 12.9. The third kappa shape index (κ3) is 3.86. The molecule has 3 aromatic heterocycles. The molecule has 170 valence electrons. The van der Waals surface area contributed by atoms with Gasteiger partial charge in [-0.05, 0) is 25.1 Å². The minimum Gasteiger partial charge on any atom is -0.353 e. The average molecular weight is 458 g/mol. The number of H-pyrrole nitrogens is 1. The van der Waals surface area contributed by atoms with Gasteiger partial charge in [-0.15, -0.1) is 0 Å². The Balaban J connectivity index is 1.35. The Bertz CT molecular complexity index is 1360. The molecule has 4 aromatic rings. The van der Waals surface area contributed by atoms with Crippen molar-refractivity contribution in [3.8, 4) is 11.6 Å². The smallest absolute Gasteiger partial charge is 0.353 e. The van der Waals surface area contributed by atoms with E-state index in [-0.39, 0.29) is 22.8 Å². The first kappa shape index (κ1) is 20.9. The van der Waals surface area contributed by atoms with Gasteiger partial charge in [0.2, 0.25) is 5.76 Å². The standard InChI is InChI=1S/C20H17F3N8O2/c1-9(26-19(32)16-11-7-31(2)29-17(11)25-8-24-16)13-6-15(33-30-13)18-27-12-4-3-10(20(21,22)23)5-14(12)28-18/h3-6,8-9H,7H2,1-2H3,(H,26,32)(H,27,28)(H,24,25,29)/t9-/m0/s1. The molecule has 4 heterocycles. The SMILES string of the molecule is C[C@H](NC(=O)c1ncnc2c1CN(C)N2)c1cc(-c2nc3ccc(C(F)(F)F)cc3[nH]2)on1. The molecule has 0 spiro atoms. The monoisotopic (exact) mass is 458 g/mol. The molecule has 0 unspecified atom stereocenters. The maximum Gasteiger partial charge on any atom is 0.416 e. The predicted octanol–water partition coefficient (Wildman–Crippen LogP) is 3.29. The van der Waals surface area contributed by atoms with Crippen LogP contribution in [0.4, 0.5) is 19.0 Å². The van der Waals surface area contributed by atoms with Crippen molar-refractivity contribution in [2.75, 3.05) is 12.5 Å². The fourth-order valence-corrected chi connectivity index (χ4v) is 3.56. The third-order valence-corrected chi connectivity index (χ3v) is 5.21. The molecular formula is C20H17F3N8O2. The van der Waals surface area contributed by atoms with E-state index in [0.717, 1.165) is 12.1 Å². The molecule has 13 heteroatoms. The number of hydrazine groups is 1. The summed E-state index contributed by atoms with van der Waals surface area (Å²) in [5.74, 6) is 0.632. The Labute approximate surface area is 184 Å². The second-order valence-corrected chi connectivity index (χ2v) is 7.64. The van der Waals surface area contributed by atoms with Crippen molar-refractivity contribution in [2.45, 2.75) is 25.7 Å². The number of rotatable bonds is 4. The fraction of sp³-hybridized carbons (Fsp3) is 0.250. The summed E-state index contributed by atoms with van der Waals surface area (Å²) in [7, 11) is 1.82. The number of carbonyl (C=O) groups is 1. The number of hydrogen-bond acceptors (Lipinski definition) is 8. The van der Waals surface area contributed by atoms with Crippen LogP contribution < -0.4 is 10.7 Å². The number of benzene rings is 1. The summed E-state index contributed by atoms with van der Waals surface area (Å²) >= 11 is 0. The van der Waals surface area contributed by atoms with Crippen LogP contribution in [0.1, 0.15) is 40.3 Å². The number of anilines is 1. The van der Waals surface area contributed by atoms with Crippen LogP contribution in [0.3, 0.4) is 0 Å². The zero-order valence-corrected chi connectivity index (χ0v) is 17.4. The molecule has 1 atom stereocenters. The zero-order chi connectivity index (χ0) is 23.3. The van der Waals surface area contributed by atoms with Crippen LogP contribution in [0, 0.1) is 0 Å². The van der Waals surface area contributed by atoms with Crippen LogP contribution in [-0.2, 0) is 12.7 Å². The number of amides is 1. The molecule has 0 bridgehead atoms. The molecule has 3 N–H and O–H groups in total. The molecule has 0 aliphatic carbocycles. The average Bonchev–Trinajstić information content (AvgIpc) is 3.48. The molecule has 5 rings (SSSR count). The van der Waals surface area contributed by atoms with E-state index in [2.05, 4.69) is 35.8 Å². The lowest BCUT2D eigenvalue weighted by Crippen LogP contribution is -2.28. The number of hydrogen-bond donors (Lipinski definition) is 3. The second-order valence-electron chi connectivity index (χ2n) is 7.64. The van der Waals surface area contributed by atoms with Crippen molar-refractivity contribution in [3.63, 3.8) is 0 Å². The number of carbonyl (C=O) groups excluding carboxylic acids is 1. The number of aromatic amines is 1. The first-order valence-corrected chi connectivity index (χ1v) is 9.85. The summed E-state index contributed by atoms with van der Waals surface area (Å²) in [6.07, 6.45) is -3.15. The number of halogens is 3. The summed E-state index contributed by atoms with van der Waals surface area (Å²) in [6.45, 7) is 2.20. The van der Waals surface area contributed by atoms with E-state index in [4.69, 9.17) is 4.52 Å². The van der Waals surface area contributed by atoms with Gasteiger partial charge in [0, 0.05) is 25.2 Å². The van der Waals surface area contributed by atoms with Crippen LogP contribution in [0.15, 0.2) is 35.1 Å². The van der Waals surface area contributed by atoms with Crippen molar-refractivity contribution < 1.29 is 22.5 Å².